The fourth-order valence-corrected chi connectivity index (χ4v) is 4.15. The molecule has 1 fully saturated rings. The standard InChI is InChI=1S/C27H28ClN3O3/c28-24-9-5-4-8-23(24)27(33)30-25(21-6-2-1-3-7-21)18-26(32)29-22-12-10-20(11-13-22)19-31-14-16-34-17-15-31/h1-13,25H,14-19H2,(H,29,32)(H,30,33). The number of halogens is 1. The van der Waals surface area contributed by atoms with Crippen LogP contribution in [0.5, 0.6) is 0 Å². The molecular formula is C27H28ClN3O3. The first-order valence-electron chi connectivity index (χ1n) is 11.4. The van der Waals surface area contributed by atoms with Crippen molar-refractivity contribution < 1.29 is 14.3 Å². The van der Waals surface area contributed by atoms with Gasteiger partial charge < -0.3 is 15.4 Å². The van der Waals surface area contributed by atoms with E-state index in [0.29, 0.717) is 10.6 Å². The fourth-order valence-electron chi connectivity index (χ4n) is 3.93. The maximum absolute atomic E-state index is 12.9. The molecule has 0 saturated carbocycles. The second-order valence-corrected chi connectivity index (χ2v) is 8.66. The van der Waals surface area contributed by atoms with Gasteiger partial charge in [0.2, 0.25) is 5.91 Å². The maximum Gasteiger partial charge on any atom is 0.253 e. The average molecular weight is 478 g/mol. The number of hydrogen-bond acceptors (Lipinski definition) is 4. The number of nitrogens with one attached hydrogen (secondary N) is 2. The Morgan fingerprint density at radius 3 is 2.29 bits per heavy atom. The third-order valence-electron chi connectivity index (χ3n) is 5.76. The number of morpholine rings is 1. The van der Waals surface area contributed by atoms with Crippen LogP contribution < -0.4 is 10.6 Å². The van der Waals surface area contributed by atoms with E-state index in [2.05, 4.69) is 15.5 Å². The summed E-state index contributed by atoms with van der Waals surface area (Å²) in [6.07, 6.45) is 0.0930. The molecular weight excluding hydrogens is 450 g/mol. The fraction of sp³-hybridized carbons (Fsp3) is 0.259. The molecule has 6 nitrogen and oxygen atoms in total. The Morgan fingerprint density at radius 1 is 0.912 bits per heavy atom. The van der Waals surface area contributed by atoms with Gasteiger partial charge >= 0.3 is 0 Å². The largest absolute Gasteiger partial charge is 0.379 e. The van der Waals surface area contributed by atoms with E-state index in [1.807, 2.05) is 54.6 Å². The van der Waals surface area contributed by atoms with Crippen LogP contribution in [0.4, 0.5) is 5.69 Å². The van der Waals surface area contributed by atoms with Crippen LogP contribution in [0.2, 0.25) is 5.02 Å². The molecule has 34 heavy (non-hydrogen) atoms. The molecule has 176 valence electrons. The van der Waals surface area contributed by atoms with Crippen molar-refractivity contribution in [3.05, 3.63) is 101 Å². The minimum absolute atomic E-state index is 0.0930. The van der Waals surface area contributed by atoms with Crippen molar-refractivity contribution in [2.24, 2.45) is 0 Å². The van der Waals surface area contributed by atoms with E-state index in [1.54, 1.807) is 24.3 Å². The lowest BCUT2D eigenvalue weighted by Gasteiger charge is -2.26. The van der Waals surface area contributed by atoms with E-state index in [0.717, 1.165) is 44.1 Å². The SMILES string of the molecule is O=C(CC(NC(=O)c1ccccc1Cl)c1ccccc1)Nc1ccc(CN2CCOCC2)cc1. The summed E-state index contributed by atoms with van der Waals surface area (Å²) in [5.41, 5.74) is 3.13. The maximum atomic E-state index is 12.9. The molecule has 3 aromatic rings. The van der Waals surface area contributed by atoms with Crippen LogP contribution in [0.15, 0.2) is 78.9 Å². The van der Waals surface area contributed by atoms with Gasteiger partial charge in [-0.1, -0.05) is 66.2 Å². The molecule has 0 spiro atoms. The molecule has 1 aliphatic rings. The summed E-state index contributed by atoms with van der Waals surface area (Å²) in [5.74, 6) is -0.506. The number of carbonyl (C=O) groups is 2. The number of anilines is 1. The van der Waals surface area contributed by atoms with Crippen molar-refractivity contribution in [1.29, 1.82) is 0 Å². The second kappa shape index (κ2) is 11.8. The first kappa shape index (κ1) is 24.0. The lowest BCUT2D eigenvalue weighted by atomic mass is 10.0. The Hall–Kier alpha value is -3.19. The molecule has 4 rings (SSSR count). The molecule has 1 heterocycles. The smallest absolute Gasteiger partial charge is 0.253 e. The third kappa shape index (κ3) is 6.67. The Labute approximate surface area is 204 Å². The van der Waals surface area contributed by atoms with E-state index in [-0.39, 0.29) is 18.2 Å². The zero-order valence-electron chi connectivity index (χ0n) is 18.9. The third-order valence-corrected chi connectivity index (χ3v) is 6.09. The van der Waals surface area contributed by atoms with Gasteiger partial charge in [0.1, 0.15) is 0 Å². The van der Waals surface area contributed by atoms with E-state index < -0.39 is 6.04 Å². The number of carbonyl (C=O) groups excluding carboxylic acids is 2. The number of hydrogen-bond donors (Lipinski definition) is 2. The molecule has 0 radical (unpaired) electrons. The van der Waals surface area contributed by atoms with Crippen molar-refractivity contribution in [3.8, 4) is 0 Å². The predicted octanol–water partition coefficient (Wildman–Crippen LogP) is 4.67. The van der Waals surface area contributed by atoms with Crippen LogP contribution in [-0.4, -0.2) is 43.0 Å². The molecule has 0 aromatic heterocycles. The van der Waals surface area contributed by atoms with Crippen molar-refractivity contribution in [2.45, 2.75) is 19.0 Å². The highest BCUT2D eigenvalue weighted by atomic mass is 35.5. The highest BCUT2D eigenvalue weighted by Gasteiger charge is 2.20. The molecule has 2 N–H and O–H groups in total. The van der Waals surface area contributed by atoms with Crippen LogP contribution in [0.1, 0.15) is 33.9 Å². The van der Waals surface area contributed by atoms with Crippen LogP contribution in [0, 0.1) is 0 Å². The van der Waals surface area contributed by atoms with Gasteiger partial charge in [-0.3, -0.25) is 14.5 Å². The Balaban J connectivity index is 1.39. The lowest BCUT2D eigenvalue weighted by molar-refractivity contribution is -0.116. The summed E-state index contributed by atoms with van der Waals surface area (Å²) >= 11 is 6.19. The van der Waals surface area contributed by atoms with Gasteiger partial charge in [0.25, 0.3) is 5.91 Å². The summed E-state index contributed by atoms with van der Waals surface area (Å²) < 4.78 is 5.40. The lowest BCUT2D eigenvalue weighted by Crippen LogP contribution is -2.35. The number of ether oxygens (including phenoxy) is 1. The van der Waals surface area contributed by atoms with Crippen molar-refractivity contribution in [2.75, 3.05) is 31.6 Å². The van der Waals surface area contributed by atoms with Gasteiger partial charge in [-0.15, -0.1) is 0 Å². The molecule has 1 aliphatic heterocycles. The average Bonchev–Trinajstić information content (AvgIpc) is 2.86. The zero-order valence-corrected chi connectivity index (χ0v) is 19.6. The molecule has 3 aromatic carbocycles. The van der Waals surface area contributed by atoms with Crippen LogP contribution in [-0.2, 0) is 16.1 Å². The van der Waals surface area contributed by atoms with Gasteiger partial charge in [0, 0.05) is 25.3 Å². The molecule has 1 unspecified atom stereocenters. The topological polar surface area (TPSA) is 70.7 Å². The molecule has 1 saturated heterocycles. The van der Waals surface area contributed by atoms with Gasteiger partial charge in [0.05, 0.1) is 36.3 Å². The van der Waals surface area contributed by atoms with Crippen molar-refractivity contribution >= 4 is 29.1 Å². The molecule has 0 aliphatic carbocycles. The van der Waals surface area contributed by atoms with Crippen LogP contribution in [0.25, 0.3) is 0 Å². The summed E-state index contributed by atoms with van der Waals surface area (Å²) in [7, 11) is 0. The first-order chi connectivity index (χ1) is 16.6. The minimum Gasteiger partial charge on any atom is -0.379 e. The van der Waals surface area contributed by atoms with Crippen LogP contribution in [0.3, 0.4) is 0 Å². The highest BCUT2D eigenvalue weighted by Crippen LogP contribution is 2.21. The number of benzene rings is 3. The molecule has 1 atom stereocenters. The quantitative estimate of drug-likeness (QED) is 0.494. The predicted molar refractivity (Wildman–Crippen MR) is 134 cm³/mol. The summed E-state index contributed by atoms with van der Waals surface area (Å²) in [5, 5.41) is 6.28. The summed E-state index contributed by atoms with van der Waals surface area (Å²) in [6.45, 7) is 4.26. The summed E-state index contributed by atoms with van der Waals surface area (Å²) in [6, 6.07) is 23.7. The zero-order chi connectivity index (χ0) is 23.8. The summed E-state index contributed by atoms with van der Waals surface area (Å²) in [4.78, 5) is 28.1. The number of amides is 2. The van der Waals surface area contributed by atoms with Gasteiger partial charge in [-0.05, 0) is 35.4 Å². The highest BCUT2D eigenvalue weighted by molar-refractivity contribution is 6.33. The number of rotatable bonds is 8. The van der Waals surface area contributed by atoms with E-state index in [9.17, 15) is 9.59 Å². The molecule has 7 heteroatoms. The monoisotopic (exact) mass is 477 g/mol. The van der Waals surface area contributed by atoms with Gasteiger partial charge in [0.15, 0.2) is 0 Å². The van der Waals surface area contributed by atoms with E-state index in [4.69, 9.17) is 16.3 Å². The Bertz CT molecular complexity index is 1100. The van der Waals surface area contributed by atoms with Crippen LogP contribution >= 0.6 is 11.6 Å². The van der Waals surface area contributed by atoms with Gasteiger partial charge in [-0.25, -0.2) is 0 Å². The number of nitrogens with zero attached hydrogens (tertiary/aromatic N) is 1. The Kier molecular flexibility index (Phi) is 8.31. The molecule has 0 bridgehead atoms. The first-order valence-corrected chi connectivity index (χ1v) is 11.8. The second-order valence-electron chi connectivity index (χ2n) is 8.25. The normalized spacial score (nSPS) is 14.9. The van der Waals surface area contributed by atoms with Crippen molar-refractivity contribution in [1.82, 2.24) is 10.2 Å². The molecule has 2 amide bonds. The Morgan fingerprint density at radius 2 is 1.59 bits per heavy atom. The van der Waals surface area contributed by atoms with E-state index >= 15 is 0 Å². The van der Waals surface area contributed by atoms with E-state index in [1.165, 1.54) is 5.56 Å². The minimum atomic E-state index is -0.495. The van der Waals surface area contributed by atoms with Gasteiger partial charge in [-0.2, -0.15) is 0 Å². The van der Waals surface area contributed by atoms with Crippen molar-refractivity contribution in [3.63, 3.8) is 0 Å².